The number of rotatable bonds is 43. The maximum atomic E-state index is 13.1. The van der Waals surface area contributed by atoms with E-state index in [0.29, 0.717) is 0 Å². The fraction of sp³-hybridized carbons (Fsp3) is 1.00. The van der Waals surface area contributed by atoms with Crippen molar-refractivity contribution in [3.63, 3.8) is 0 Å². The summed E-state index contributed by atoms with van der Waals surface area (Å²) in [6, 6.07) is 0. The van der Waals surface area contributed by atoms with Crippen molar-refractivity contribution < 1.29 is 246 Å². The molecule has 1 saturated carbocycles. The molecule has 25 atom stereocenters. The van der Waals surface area contributed by atoms with Crippen LogP contribution >= 0.6 is 59.0 Å². The van der Waals surface area contributed by atoms with Gasteiger partial charge in [-0.2, -0.15) is 50.5 Å². The van der Waals surface area contributed by atoms with Crippen LogP contribution in [0.25, 0.3) is 0 Å². The number of aliphatic hydroxyl groups is 5. The SMILES string of the molecule is CCC1O[C@H](OCC2O[C@H](OCC3O[C@H](OCC4O[C@H](OC)C(OS(=O)(=O)O)C(O)[C@@H]4SOOOO)C(OS(=O)(=O)O)C(OC[C@H]4CC(CO)[C@@H](SOOOO)C(O)C4OS(=O)(=O)O)[C@@H]3SS(=O)(=O)O)C(OS(=O)(=O)O)C(O)[C@@H]2SOOOO)C(OS(=O)(=O)O)C(O)[C@@H]1SOOOO. The predicted molar refractivity (Wildman–Crippen MR) is 296 cm³/mol. The van der Waals surface area contributed by atoms with Gasteiger partial charge in [-0.3, -0.25) is 27.3 Å². The van der Waals surface area contributed by atoms with E-state index in [1.54, 1.807) is 0 Å². The highest BCUT2D eigenvalue weighted by Crippen LogP contribution is 2.44. The topological polar surface area (TPSA) is 748 Å². The van der Waals surface area contributed by atoms with Crippen molar-refractivity contribution in [2.45, 2.75) is 157 Å². The maximum absolute atomic E-state index is 13.1. The molecule has 0 amide bonds. The Kier molecular flexibility index (Phi) is 36.2. The second-order valence-electron chi connectivity index (χ2n) is 19.5. The molecular formula is C34H60O53S11. The number of aliphatic hydroxyl groups excluding tert-OH is 5. The van der Waals surface area contributed by atoms with Crippen molar-refractivity contribution in [3.05, 3.63) is 0 Å². The molecule has 0 aromatic heterocycles. The standard InChI is InChI=1S/C34H60O53S11/c1-3-12-27(89-85-81-77-41)18(38)22(73-95(50,51)52)32(67-12)64-8-14-29(91-87-83-79-43)19(39)23(74-96(53,54)55)33(69-14)65-9-15-30(92-98(59,60)61)24(63-6-11-4-10(5-35)26(88-84-80-76-40)16(36)20(11)71-93(44,45)46)25(75-97(56,57)58)34(70-15)66-7-13-28(90-86-82-78-42)17(37)21(31(62-2)68-13)72-94(47,48)49/h10-43H,3-9H2,1-2H3,(H,44,45,46)(H,47,48,49)(H,50,51,52)(H,53,54,55)(H,56,57,58)(H,59,60,61)/t10?,11-,12?,13?,14?,15?,16?,17?,18?,19?,20?,21?,22?,23?,24?,25?,26-,27-,28-,29-,30-,31+,32+,33+,34+/m1/s1. The molecule has 98 heavy (non-hydrogen) atoms. The smallest absolute Gasteiger partial charge is 0.396 e. The second kappa shape index (κ2) is 40.1. The molecule has 1 aliphatic carbocycles. The first-order chi connectivity index (χ1) is 45.7. The van der Waals surface area contributed by atoms with Crippen molar-refractivity contribution in [3.8, 4) is 0 Å². The van der Waals surface area contributed by atoms with Crippen LogP contribution in [0.5, 0.6) is 0 Å². The average Bonchev–Trinajstić information content (AvgIpc) is 0.792. The van der Waals surface area contributed by atoms with Gasteiger partial charge < -0.3 is 68.2 Å². The van der Waals surface area contributed by atoms with E-state index in [1.165, 1.54) is 6.92 Å². The summed E-state index contributed by atoms with van der Waals surface area (Å²) in [6.07, 6.45) is -42.8. The Morgan fingerprint density at radius 1 is 0.388 bits per heavy atom. The van der Waals surface area contributed by atoms with Gasteiger partial charge in [0.05, 0.1) is 71.0 Å². The monoisotopic (exact) mass is 1670 g/mol. The predicted octanol–water partition coefficient (Wildman–Crippen LogP) is -5.23. The minimum absolute atomic E-state index is 0.0532. The number of methoxy groups -OCH3 is 1. The van der Waals surface area contributed by atoms with E-state index in [-0.39, 0.29) is 54.6 Å². The third kappa shape index (κ3) is 27.9. The average molecular weight is 1670 g/mol. The van der Waals surface area contributed by atoms with Gasteiger partial charge in [0.15, 0.2) is 49.6 Å². The highest BCUT2D eigenvalue weighted by atomic mass is 33.1. The van der Waals surface area contributed by atoms with E-state index in [0.717, 1.165) is 7.11 Å². The lowest BCUT2D eigenvalue weighted by molar-refractivity contribution is -0.591. The molecule has 15 unspecified atom stereocenters. The Labute approximate surface area is 571 Å². The number of ether oxygens (including phenoxy) is 9. The third-order valence-electron chi connectivity index (χ3n) is 13.5. The van der Waals surface area contributed by atoms with Crippen LogP contribution in [0.2, 0.25) is 0 Å². The van der Waals surface area contributed by atoms with E-state index in [1.807, 2.05) is 0 Å². The van der Waals surface area contributed by atoms with Crippen molar-refractivity contribution in [1.82, 2.24) is 0 Å². The van der Waals surface area contributed by atoms with Crippen molar-refractivity contribution in [2.24, 2.45) is 11.8 Å². The van der Waals surface area contributed by atoms with E-state index >= 15 is 0 Å². The summed E-state index contributed by atoms with van der Waals surface area (Å²) in [7, 11) is -34.3. The summed E-state index contributed by atoms with van der Waals surface area (Å²) in [5.41, 5.74) is 0. The molecule has 5 aliphatic rings. The minimum Gasteiger partial charge on any atom is -0.396 e. The Balaban J connectivity index is 1.66. The molecule has 580 valence electrons. The fourth-order valence-electron chi connectivity index (χ4n) is 9.91. The van der Waals surface area contributed by atoms with Crippen LogP contribution < -0.4 is 0 Å². The molecule has 4 heterocycles. The van der Waals surface area contributed by atoms with E-state index in [2.05, 4.69) is 70.2 Å². The lowest BCUT2D eigenvalue weighted by atomic mass is 9.78. The van der Waals surface area contributed by atoms with Crippen LogP contribution in [0.15, 0.2) is 0 Å². The fourth-order valence-corrected chi connectivity index (χ4v) is 17.8. The summed E-state index contributed by atoms with van der Waals surface area (Å²) >= 11 is -0.101. The van der Waals surface area contributed by atoms with Gasteiger partial charge in [-0.15, -0.1) is 17.3 Å². The Morgan fingerprint density at radius 3 is 1.06 bits per heavy atom. The zero-order valence-corrected chi connectivity index (χ0v) is 57.1. The van der Waals surface area contributed by atoms with Gasteiger partial charge in [-0.1, -0.05) is 6.92 Å². The van der Waals surface area contributed by atoms with Crippen molar-refractivity contribution >= 4 is 120 Å². The number of hydrogen-bond donors (Lipinski definition) is 15. The molecule has 4 saturated heterocycles. The molecule has 5 fully saturated rings. The highest BCUT2D eigenvalue weighted by Gasteiger charge is 2.58. The van der Waals surface area contributed by atoms with Gasteiger partial charge >= 0.3 is 61.1 Å². The molecule has 0 aromatic carbocycles. The zero-order chi connectivity index (χ0) is 73.3. The van der Waals surface area contributed by atoms with Crippen LogP contribution in [-0.4, -0.2) is 301 Å². The molecular weight excluding hydrogens is 1610 g/mol. The van der Waals surface area contributed by atoms with Crippen molar-refractivity contribution in [1.29, 1.82) is 0 Å². The minimum atomic E-state index is -6.05. The van der Waals surface area contributed by atoms with Crippen LogP contribution in [-0.2, 0) is 182 Å². The molecule has 0 bridgehead atoms. The van der Waals surface area contributed by atoms with Crippen LogP contribution in [0, 0.1) is 11.8 Å². The second-order valence-corrected chi connectivity index (χ2v) is 31.7. The third-order valence-corrected chi connectivity index (χ3v) is 22.1. The van der Waals surface area contributed by atoms with E-state index in [9.17, 15) is 103 Å². The Hall–Kier alpha value is -0.190. The Bertz CT molecular complexity index is 3090. The molecule has 4 aliphatic heterocycles. The van der Waals surface area contributed by atoms with Gasteiger partial charge in [0.25, 0.3) is 0 Å². The van der Waals surface area contributed by atoms with Gasteiger partial charge in [0.2, 0.25) is 0 Å². The zero-order valence-electron chi connectivity index (χ0n) is 48.1. The summed E-state index contributed by atoms with van der Waals surface area (Å²) in [5, 5.41) is 110. The summed E-state index contributed by atoms with van der Waals surface area (Å²) in [6.45, 7) is -4.88. The lowest BCUT2D eigenvalue weighted by Gasteiger charge is -2.47. The van der Waals surface area contributed by atoms with Gasteiger partial charge in [0.1, 0.15) is 42.7 Å². The Morgan fingerprint density at radius 2 is 0.704 bits per heavy atom. The van der Waals surface area contributed by atoms with Crippen LogP contribution in [0.4, 0.5) is 0 Å². The molecule has 0 radical (unpaired) electrons. The molecule has 5 rings (SSSR count). The largest absolute Gasteiger partial charge is 0.397 e. The quantitative estimate of drug-likeness (QED) is 0.00677. The lowest BCUT2D eigenvalue weighted by Crippen LogP contribution is -2.64. The van der Waals surface area contributed by atoms with Gasteiger partial charge in [-0.05, 0) is 59.1 Å². The summed E-state index contributed by atoms with van der Waals surface area (Å²) < 4.78 is 302. The van der Waals surface area contributed by atoms with E-state index in [4.69, 9.17) is 72.0 Å². The van der Waals surface area contributed by atoms with Crippen molar-refractivity contribution in [2.75, 3.05) is 40.1 Å². The number of hydrogen-bond acceptors (Lipinski definition) is 52. The molecule has 53 nitrogen and oxygen atoms in total. The molecule has 15 N–H and O–H groups in total. The first kappa shape index (κ1) is 88.4. The molecule has 0 spiro atoms. The van der Waals surface area contributed by atoms with E-state index < -0.39 is 260 Å². The first-order valence-corrected chi connectivity index (χ1v) is 38.7. The molecule has 64 heteroatoms. The van der Waals surface area contributed by atoms with Gasteiger partial charge in [0, 0.05) is 78.6 Å². The first-order valence-electron chi connectivity index (χ1n) is 25.8. The maximum Gasteiger partial charge on any atom is 0.397 e. The highest BCUT2D eigenvalue weighted by molar-refractivity contribution is 8.70. The summed E-state index contributed by atoms with van der Waals surface area (Å²) in [4.78, 5) is 0. The normalized spacial score (nSPS) is 36.5. The van der Waals surface area contributed by atoms with Gasteiger partial charge in [-0.25, -0.2) is 41.9 Å². The van der Waals surface area contributed by atoms with Crippen LogP contribution in [0.1, 0.15) is 19.8 Å². The molecule has 0 aromatic rings. The summed E-state index contributed by atoms with van der Waals surface area (Å²) in [5.74, 6) is -3.14. The van der Waals surface area contributed by atoms with Crippen LogP contribution in [0.3, 0.4) is 0 Å².